The molecule has 1 fully saturated rings. The van der Waals surface area contributed by atoms with Crippen LogP contribution in [0.4, 0.5) is 0 Å². The third-order valence-corrected chi connectivity index (χ3v) is 5.96. The lowest BCUT2D eigenvalue weighted by Crippen LogP contribution is -2.13. The van der Waals surface area contributed by atoms with Crippen molar-refractivity contribution in [2.45, 2.75) is 51.4 Å². The highest BCUT2D eigenvalue weighted by Crippen LogP contribution is 2.41. The molecule has 180 valence electrons. The molecule has 3 rings (SSSR count). The van der Waals surface area contributed by atoms with E-state index in [0.717, 1.165) is 25.7 Å². The molecule has 0 saturated heterocycles. The van der Waals surface area contributed by atoms with Crippen molar-refractivity contribution in [3.05, 3.63) is 84.0 Å². The average Bonchev–Trinajstić information content (AvgIpc) is 2.85. The number of rotatable bonds is 10. The molecule has 6 nitrogen and oxygen atoms in total. The third-order valence-electron chi connectivity index (χ3n) is 5.96. The predicted molar refractivity (Wildman–Crippen MR) is 130 cm³/mol. The Morgan fingerprint density at radius 1 is 0.676 bits per heavy atom. The van der Waals surface area contributed by atoms with Gasteiger partial charge in [0.05, 0.1) is 0 Å². The molecule has 0 radical (unpaired) electrons. The van der Waals surface area contributed by atoms with E-state index in [0.29, 0.717) is 34.5 Å². The van der Waals surface area contributed by atoms with Gasteiger partial charge in [-0.05, 0) is 86.8 Å². The van der Waals surface area contributed by atoms with Gasteiger partial charge in [-0.15, -0.1) is 0 Å². The first-order chi connectivity index (χ1) is 16.3. The molecule has 34 heavy (non-hydrogen) atoms. The Labute approximate surface area is 201 Å². The molecule has 0 heterocycles. The molecule has 0 amide bonds. The second kappa shape index (κ2) is 12.1. The Morgan fingerprint density at radius 3 is 1.29 bits per heavy atom. The quantitative estimate of drug-likeness (QED) is 0.243. The van der Waals surface area contributed by atoms with Crippen molar-refractivity contribution in [1.29, 1.82) is 0 Å². The first kappa shape index (κ1) is 25.1. The maximum Gasteiger partial charge on any atom is 0.335 e. The van der Waals surface area contributed by atoms with Crippen molar-refractivity contribution in [2.24, 2.45) is 0 Å². The Morgan fingerprint density at radius 2 is 1.00 bits per heavy atom. The van der Waals surface area contributed by atoms with E-state index in [1.54, 1.807) is 13.8 Å². The van der Waals surface area contributed by atoms with E-state index >= 15 is 0 Å². The van der Waals surface area contributed by atoms with Crippen LogP contribution in [0.25, 0.3) is 0 Å². The molecule has 0 aliphatic heterocycles. The van der Waals surface area contributed by atoms with Crippen molar-refractivity contribution in [3.8, 4) is 11.5 Å². The number of ether oxygens (including phenoxy) is 4. The summed E-state index contributed by atoms with van der Waals surface area (Å²) in [5.41, 5.74) is 3.30. The molecule has 0 spiro atoms. The van der Waals surface area contributed by atoms with Gasteiger partial charge in [-0.1, -0.05) is 37.4 Å². The van der Waals surface area contributed by atoms with E-state index in [4.69, 9.17) is 18.9 Å². The normalized spacial score (nSPS) is 17.4. The lowest BCUT2D eigenvalue weighted by Gasteiger charge is -2.29. The number of benzene rings is 2. The van der Waals surface area contributed by atoms with Crippen LogP contribution < -0.4 is 9.47 Å². The number of esters is 2. The summed E-state index contributed by atoms with van der Waals surface area (Å²) in [6.45, 7) is 10.0. The molecular formula is C28H32O6. The van der Waals surface area contributed by atoms with Crippen molar-refractivity contribution < 1.29 is 28.5 Å². The number of hydrogen-bond acceptors (Lipinski definition) is 6. The van der Waals surface area contributed by atoms with Gasteiger partial charge >= 0.3 is 11.9 Å². The van der Waals surface area contributed by atoms with Gasteiger partial charge in [-0.25, -0.2) is 9.59 Å². The minimum atomic E-state index is -0.459. The number of carbonyl (C=O) groups excluding carboxylic acids is 2. The summed E-state index contributed by atoms with van der Waals surface area (Å²) in [5.74, 6) is 1.47. The van der Waals surface area contributed by atoms with E-state index in [1.165, 1.54) is 11.1 Å². The van der Waals surface area contributed by atoms with Gasteiger partial charge in [0.25, 0.3) is 0 Å². The summed E-state index contributed by atoms with van der Waals surface area (Å²) in [5, 5.41) is 0. The lowest BCUT2D eigenvalue weighted by atomic mass is 9.76. The topological polar surface area (TPSA) is 71.1 Å². The van der Waals surface area contributed by atoms with Gasteiger partial charge in [-0.3, -0.25) is 0 Å². The average molecular weight is 465 g/mol. The molecule has 0 bridgehead atoms. The zero-order valence-corrected chi connectivity index (χ0v) is 19.9. The Hall–Kier alpha value is -3.54. The van der Waals surface area contributed by atoms with Crippen molar-refractivity contribution in [2.75, 3.05) is 13.6 Å². The first-order valence-corrected chi connectivity index (χ1v) is 11.4. The van der Waals surface area contributed by atoms with Crippen LogP contribution in [-0.4, -0.2) is 25.5 Å². The van der Waals surface area contributed by atoms with Crippen LogP contribution >= 0.6 is 0 Å². The molecule has 0 unspecified atom stereocenters. The summed E-state index contributed by atoms with van der Waals surface area (Å²) in [7, 11) is 0. The fourth-order valence-corrected chi connectivity index (χ4v) is 3.98. The maximum absolute atomic E-state index is 11.4. The van der Waals surface area contributed by atoms with Gasteiger partial charge < -0.3 is 18.9 Å². The van der Waals surface area contributed by atoms with Crippen LogP contribution in [0.5, 0.6) is 11.5 Å². The summed E-state index contributed by atoms with van der Waals surface area (Å²) in [4.78, 5) is 22.8. The van der Waals surface area contributed by atoms with Crippen LogP contribution in [-0.2, 0) is 19.1 Å². The fourth-order valence-electron chi connectivity index (χ4n) is 3.98. The van der Waals surface area contributed by atoms with Gasteiger partial charge in [0, 0.05) is 11.1 Å². The molecule has 1 aliphatic carbocycles. The molecule has 0 atom stereocenters. The van der Waals surface area contributed by atoms with Gasteiger partial charge in [-0.2, -0.15) is 0 Å². The van der Waals surface area contributed by atoms with Crippen molar-refractivity contribution in [3.63, 3.8) is 0 Å². The highest BCUT2D eigenvalue weighted by Gasteiger charge is 2.23. The number of hydrogen-bond donors (Lipinski definition) is 0. The van der Waals surface area contributed by atoms with Gasteiger partial charge in [0.2, 0.25) is 13.6 Å². The minimum absolute atomic E-state index is 0.125. The molecular weight excluding hydrogens is 432 g/mol. The van der Waals surface area contributed by atoms with E-state index in [-0.39, 0.29) is 13.6 Å². The van der Waals surface area contributed by atoms with Gasteiger partial charge in [0.1, 0.15) is 11.5 Å². The highest BCUT2D eigenvalue weighted by molar-refractivity contribution is 5.87. The van der Waals surface area contributed by atoms with Crippen LogP contribution in [0, 0.1) is 0 Å². The Balaban J connectivity index is 1.43. The molecule has 6 heteroatoms. The van der Waals surface area contributed by atoms with E-state index in [1.807, 2.05) is 24.3 Å². The van der Waals surface area contributed by atoms with Gasteiger partial charge in [0.15, 0.2) is 0 Å². The molecule has 1 aliphatic rings. The first-order valence-electron chi connectivity index (χ1n) is 11.4. The van der Waals surface area contributed by atoms with Crippen LogP contribution in [0.2, 0.25) is 0 Å². The predicted octanol–water partition coefficient (Wildman–Crippen LogP) is 6.04. The van der Waals surface area contributed by atoms with E-state index in [9.17, 15) is 9.59 Å². The molecule has 2 aromatic carbocycles. The van der Waals surface area contributed by atoms with Crippen molar-refractivity contribution >= 4 is 11.9 Å². The Bertz CT molecular complexity index is 915. The highest BCUT2D eigenvalue weighted by atomic mass is 16.7. The fraction of sp³-hybridized carbons (Fsp3) is 0.357. The third kappa shape index (κ3) is 7.24. The van der Waals surface area contributed by atoms with E-state index in [2.05, 4.69) is 37.4 Å². The second-order valence-electron chi connectivity index (χ2n) is 8.64. The molecule has 0 N–H and O–H groups in total. The standard InChI is InChI=1S/C28H32O6/c1-19(2)27(29)33-17-31-25-13-9-23(10-14-25)21-5-7-22(8-6-21)24-11-15-26(16-12-24)32-18-34-28(30)20(3)4/h9-16,21-22H,1,3,5-8,17-18H2,2,4H3. The van der Waals surface area contributed by atoms with Crippen molar-refractivity contribution in [1.82, 2.24) is 0 Å². The monoisotopic (exact) mass is 464 g/mol. The Kier molecular flexibility index (Phi) is 8.91. The van der Waals surface area contributed by atoms with Crippen LogP contribution in [0.15, 0.2) is 72.8 Å². The van der Waals surface area contributed by atoms with Crippen LogP contribution in [0.1, 0.15) is 62.5 Å². The minimum Gasteiger partial charge on any atom is -0.457 e. The number of carbonyl (C=O) groups is 2. The second-order valence-corrected chi connectivity index (χ2v) is 8.64. The summed E-state index contributed by atoms with van der Waals surface area (Å²) < 4.78 is 20.9. The largest absolute Gasteiger partial charge is 0.457 e. The zero-order chi connectivity index (χ0) is 24.5. The zero-order valence-electron chi connectivity index (χ0n) is 19.9. The smallest absolute Gasteiger partial charge is 0.335 e. The van der Waals surface area contributed by atoms with Crippen LogP contribution in [0.3, 0.4) is 0 Å². The summed E-state index contributed by atoms with van der Waals surface area (Å²) in [6.07, 6.45) is 4.48. The molecule has 1 saturated carbocycles. The lowest BCUT2D eigenvalue weighted by molar-refractivity contribution is -0.146. The summed E-state index contributed by atoms with van der Waals surface area (Å²) >= 11 is 0. The van der Waals surface area contributed by atoms with E-state index < -0.39 is 11.9 Å². The maximum atomic E-state index is 11.4. The molecule has 2 aromatic rings. The summed E-state index contributed by atoms with van der Waals surface area (Å²) in [6, 6.07) is 16.0. The SMILES string of the molecule is C=C(C)C(=O)OCOc1ccc(C2CCC(c3ccc(OCOC(=O)C(=C)C)cc3)CC2)cc1. The molecule has 0 aromatic heterocycles.